The number of aromatic nitrogens is 2. The van der Waals surface area contributed by atoms with Crippen LogP contribution in [0.2, 0.25) is 0 Å². The molecule has 18 heavy (non-hydrogen) atoms. The van der Waals surface area contributed by atoms with Gasteiger partial charge in [0.2, 0.25) is 0 Å². The van der Waals surface area contributed by atoms with E-state index in [9.17, 15) is 4.79 Å². The average Bonchev–Trinajstić information content (AvgIpc) is 2.84. The van der Waals surface area contributed by atoms with Crippen LogP contribution in [-0.4, -0.2) is 15.9 Å². The molecule has 0 spiro atoms. The molecule has 2 heterocycles. The Morgan fingerprint density at radius 3 is 2.78 bits per heavy atom. The number of nitrogens with two attached hydrogens (primary N) is 1. The van der Waals surface area contributed by atoms with E-state index < -0.39 is 0 Å². The molecular weight excluding hydrogens is 248 g/mol. The lowest BCUT2D eigenvalue weighted by Gasteiger charge is -2.12. The Kier molecular flexibility index (Phi) is 3.38. The number of thiazole rings is 1. The number of nitrogen functional groups attached to an aromatic ring is 1. The number of aryl methyl sites for hydroxylation is 2. The number of carbonyl (C=O) groups is 1. The second-order valence-electron chi connectivity index (χ2n) is 4.22. The molecule has 0 aliphatic carbocycles. The minimum absolute atomic E-state index is 0.0618. The zero-order valence-corrected chi connectivity index (χ0v) is 11.4. The molecule has 0 saturated carbocycles. The van der Waals surface area contributed by atoms with Gasteiger partial charge >= 0.3 is 0 Å². The van der Waals surface area contributed by atoms with Crippen molar-refractivity contribution in [3.63, 3.8) is 0 Å². The van der Waals surface area contributed by atoms with E-state index in [2.05, 4.69) is 15.3 Å². The van der Waals surface area contributed by atoms with Crippen molar-refractivity contribution in [3.05, 3.63) is 33.5 Å². The van der Waals surface area contributed by atoms with Crippen LogP contribution in [0.15, 0.2) is 12.3 Å². The number of carbonyl (C=O) groups excluding carboxylic acids is 1. The summed E-state index contributed by atoms with van der Waals surface area (Å²) in [6, 6.07) is 1.56. The molecule has 1 amide bonds. The largest absolute Gasteiger partial charge is 0.397 e. The number of nitrogens with zero attached hydrogens (tertiary/aromatic N) is 1. The SMILES string of the molecule is Cc1nc(C)c(C(C)NC(=O)c2cc(N)c[nH]2)s1. The summed E-state index contributed by atoms with van der Waals surface area (Å²) in [6.45, 7) is 5.86. The van der Waals surface area contributed by atoms with Crippen LogP contribution in [0.4, 0.5) is 5.69 Å². The third-order valence-corrected chi connectivity index (χ3v) is 3.89. The van der Waals surface area contributed by atoms with Crippen molar-refractivity contribution >= 4 is 22.9 Å². The fraction of sp³-hybridized carbons (Fsp3) is 0.333. The number of anilines is 1. The van der Waals surface area contributed by atoms with Gasteiger partial charge < -0.3 is 16.0 Å². The van der Waals surface area contributed by atoms with Crippen LogP contribution >= 0.6 is 11.3 Å². The van der Waals surface area contributed by atoms with E-state index in [0.717, 1.165) is 15.6 Å². The number of aromatic amines is 1. The van der Waals surface area contributed by atoms with E-state index >= 15 is 0 Å². The lowest BCUT2D eigenvalue weighted by molar-refractivity contribution is 0.0936. The third-order valence-electron chi connectivity index (χ3n) is 2.63. The number of nitrogens with one attached hydrogen (secondary N) is 2. The van der Waals surface area contributed by atoms with Crippen molar-refractivity contribution in [2.45, 2.75) is 26.8 Å². The topological polar surface area (TPSA) is 83.8 Å². The Morgan fingerprint density at radius 2 is 2.28 bits per heavy atom. The fourth-order valence-corrected chi connectivity index (χ4v) is 2.76. The number of hydrogen-bond acceptors (Lipinski definition) is 4. The molecule has 0 aliphatic rings. The Morgan fingerprint density at radius 1 is 1.56 bits per heavy atom. The minimum Gasteiger partial charge on any atom is -0.397 e. The Hall–Kier alpha value is -1.82. The summed E-state index contributed by atoms with van der Waals surface area (Å²) in [5.74, 6) is -0.162. The lowest BCUT2D eigenvalue weighted by Crippen LogP contribution is -2.26. The van der Waals surface area contributed by atoms with Crippen molar-refractivity contribution in [2.24, 2.45) is 0 Å². The van der Waals surface area contributed by atoms with E-state index in [4.69, 9.17) is 5.73 Å². The summed E-state index contributed by atoms with van der Waals surface area (Å²) < 4.78 is 0. The maximum Gasteiger partial charge on any atom is 0.268 e. The maximum absolute atomic E-state index is 11.9. The molecule has 4 N–H and O–H groups in total. The zero-order chi connectivity index (χ0) is 13.3. The van der Waals surface area contributed by atoms with E-state index in [1.165, 1.54) is 0 Å². The van der Waals surface area contributed by atoms with Gasteiger partial charge in [0, 0.05) is 16.8 Å². The highest BCUT2D eigenvalue weighted by atomic mass is 32.1. The highest BCUT2D eigenvalue weighted by Crippen LogP contribution is 2.24. The molecular formula is C12H16N4OS. The van der Waals surface area contributed by atoms with Crippen molar-refractivity contribution in [2.75, 3.05) is 5.73 Å². The second-order valence-corrected chi connectivity index (χ2v) is 5.46. The van der Waals surface area contributed by atoms with Crippen molar-refractivity contribution < 1.29 is 4.79 Å². The molecule has 2 aromatic heterocycles. The van der Waals surface area contributed by atoms with E-state index in [1.54, 1.807) is 23.6 Å². The molecule has 2 aromatic rings. The summed E-state index contributed by atoms with van der Waals surface area (Å²) in [6.07, 6.45) is 1.60. The van der Waals surface area contributed by atoms with Gasteiger partial charge in [-0.2, -0.15) is 0 Å². The number of hydrogen-bond donors (Lipinski definition) is 3. The van der Waals surface area contributed by atoms with Crippen molar-refractivity contribution in [1.29, 1.82) is 0 Å². The molecule has 0 saturated heterocycles. The standard InChI is InChI=1S/C12H16N4OS/c1-6-11(18-8(3)15-6)7(2)16-12(17)10-4-9(13)5-14-10/h4-5,7,14H,13H2,1-3H3,(H,16,17). The Bertz CT molecular complexity index is 572. The smallest absolute Gasteiger partial charge is 0.268 e. The highest BCUT2D eigenvalue weighted by Gasteiger charge is 2.16. The Balaban J connectivity index is 2.10. The van der Waals surface area contributed by atoms with Crippen LogP contribution in [0.3, 0.4) is 0 Å². The molecule has 1 atom stereocenters. The predicted molar refractivity (Wildman–Crippen MR) is 72.7 cm³/mol. The summed E-state index contributed by atoms with van der Waals surface area (Å²) in [5, 5.41) is 3.93. The minimum atomic E-state index is -0.162. The van der Waals surface area contributed by atoms with Crippen LogP contribution in [0.25, 0.3) is 0 Å². The van der Waals surface area contributed by atoms with Gasteiger partial charge in [-0.05, 0) is 26.8 Å². The summed E-state index contributed by atoms with van der Waals surface area (Å²) in [4.78, 5) is 20.2. The van der Waals surface area contributed by atoms with Gasteiger partial charge in [-0.25, -0.2) is 4.98 Å². The molecule has 0 radical (unpaired) electrons. The van der Waals surface area contributed by atoms with Crippen LogP contribution in [-0.2, 0) is 0 Å². The van der Waals surface area contributed by atoms with Gasteiger partial charge in [-0.1, -0.05) is 0 Å². The highest BCUT2D eigenvalue weighted by molar-refractivity contribution is 7.11. The first kappa shape index (κ1) is 12.6. The summed E-state index contributed by atoms with van der Waals surface area (Å²) >= 11 is 1.60. The van der Waals surface area contributed by atoms with Crippen LogP contribution < -0.4 is 11.1 Å². The van der Waals surface area contributed by atoms with Crippen LogP contribution in [0.5, 0.6) is 0 Å². The van der Waals surface area contributed by atoms with Gasteiger partial charge in [0.05, 0.1) is 16.7 Å². The normalized spacial score (nSPS) is 12.4. The van der Waals surface area contributed by atoms with Gasteiger partial charge in [-0.15, -0.1) is 11.3 Å². The average molecular weight is 264 g/mol. The van der Waals surface area contributed by atoms with Crippen LogP contribution in [0, 0.1) is 13.8 Å². The summed E-state index contributed by atoms with van der Waals surface area (Å²) in [7, 11) is 0. The molecule has 0 aliphatic heterocycles. The zero-order valence-electron chi connectivity index (χ0n) is 10.6. The molecule has 5 nitrogen and oxygen atoms in total. The molecule has 2 rings (SSSR count). The van der Waals surface area contributed by atoms with Crippen LogP contribution in [0.1, 0.15) is 39.0 Å². The molecule has 6 heteroatoms. The molecule has 96 valence electrons. The van der Waals surface area contributed by atoms with E-state index in [1.807, 2.05) is 20.8 Å². The number of amides is 1. The second kappa shape index (κ2) is 4.81. The molecule has 0 fully saturated rings. The first-order valence-electron chi connectivity index (χ1n) is 5.66. The van der Waals surface area contributed by atoms with Gasteiger partial charge in [0.1, 0.15) is 5.69 Å². The van der Waals surface area contributed by atoms with Gasteiger partial charge in [0.15, 0.2) is 0 Å². The van der Waals surface area contributed by atoms with Crippen molar-refractivity contribution in [1.82, 2.24) is 15.3 Å². The first-order valence-corrected chi connectivity index (χ1v) is 6.47. The van der Waals surface area contributed by atoms with Gasteiger partial charge in [-0.3, -0.25) is 4.79 Å². The third kappa shape index (κ3) is 2.53. The van der Waals surface area contributed by atoms with Crippen molar-refractivity contribution in [3.8, 4) is 0 Å². The number of H-pyrrole nitrogens is 1. The molecule has 0 aromatic carbocycles. The quantitative estimate of drug-likeness (QED) is 0.794. The monoisotopic (exact) mass is 264 g/mol. The lowest BCUT2D eigenvalue weighted by atomic mass is 10.2. The predicted octanol–water partition coefficient (Wildman–Crippen LogP) is 2.16. The number of rotatable bonds is 3. The summed E-state index contributed by atoms with van der Waals surface area (Å²) in [5.41, 5.74) is 7.56. The molecule has 1 unspecified atom stereocenters. The molecule has 0 bridgehead atoms. The Labute approximate surface area is 109 Å². The fourth-order valence-electron chi connectivity index (χ4n) is 1.83. The van der Waals surface area contributed by atoms with E-state index in [0.29, 0.717) is 11.4 Å². The van der Waals surface area contributed by atoms with Gasteiger partial charge in [0.25, 0.3) is 5.91 Å². The van der Waals surface area contributed by atoms with E-state index in [-0.39, 0.29) is 11.9 Å². The first-order chi connectivity index (χ1) is 8.47. The maximum atomic E-state index is 11.9.